The third-order valence-electron chi connectivity index (χ3n) is 23.7. The van der Waals surface area contributed by atoms with Gasteiger partial charge in [0, 0.05) is 188 Å². The first-order valence-corrected chi connectivity index (χ1v) is 42.0. The summed E-state index contributed by atoms with van der Waals surface area (Å²) < 4.78 is 24.1. The molecule has 0 aromatic heterocycles. The van der Waals surface area contributed by atoms with Crippen LogP contribution in [0.25, 0.3) is 0 Å². The molecule has 586 valence electrons. The van der Waals surface area contributed by atoms with Crippen molar-refractivity contribution in [2.24, 2.45) is 105 Å². The molecule has 0 radical (unpaired) electrons. The summed E-state index contributed by atoms with van der Waals surface area (Å²) in [4.78, 5) is 17.4. The summed E-state index contributed by atoms with van der Waals surface area (Å²) in [5.41, 5.74) is 58.0. The highest BCUT2D eigenvalue weighted by Crippen LogP contribution is 2.47. The van der Waals surface area contributed by atoms with Gasteiger partial charge in [-0.3, -0.25) is 24.5 Å². The van der Waals surface area contributed by atoms with Crippen molar-refractivity contribution in [1.82, 2.24) is 39.6 Å². The van der Waals surface area contributed by atoms with Crippen LogP contribution in [0.15, 0.2) is 0 Å². The number of piperidine rings is 2. The third-order valence-corrected chi connectivity index (χ3v) is 26.3. The average Bonchev–Trinajstić information content (AvgIpc) is 1.58. The monoisotopic (exact) mass is 1410 g/mol. The summed E-state index contributed by atoms with van der Waals surface area (Å²) in [6.45, 7) is 64.4. The summed E-state index contributed by atoms with van der Waals surface area (Å²) in [5, 5.41) is 2.87. The third kappa shape index (κ3) is 30.6. The van der Waals surface area contributed by atoms with Gasteiger partial charge >= 0.3 is 0 Å². The fourth-order valence-corrected chi connectivity index (χ4v) is 20.0. The lowest BCUT2D eigenvalue weighted by atomic mass is 9.78. The van der Waals surface area contributed by atoms with E-state index >= 15 is 0 Å². The molecule has 9 fully saturated rings. The van der Waals surface area contributed by atoms with E-state index in [9.17, 15) is 8.42 Å². The Labute approximate surface area is 606 Å². The molecular formula is C77H170N18O2S. The summed E-state index contributed by atoms with van der Waals surface area (Å²) in [6, 6.07) is 9.34. The van der Waals surface area contributed by atoms with Gasteiger partial charge < -0.3 is 72.5 Å². The molecule has 0 spiro atoms. The van der Waals surface area contributed by atoms with Crippen LogP contribution in [-0.4, -0.2) is 261 Å². The minimum absolute atomic E-state index is 0.234. The zero-order valence-corrected chi connectivity index (χ0v) is 68.8. The molecule has 8 aliphatic heterocycles. The van der Waals surface area contributed by atoms with Gasteiger partial charge in [0.2, 0.25) is 0 Å². The van der Waals surface area contributed by atoms with Crippen molar-refractivity contribution in [2.75, 3.05) is 105 Å². The molecule has 21 N–H and O–H groups in total. The number of nitrogens with zero attached hydrogens (tertiary/aromatic N) is 7. The van der Waals surface area contributed by atoms with E-state index in [1.165, 1.54) is 84.2 Å². The highest BCUT2D eigenvalue weighted by molar-refractivity contribution is 7.92. The molecule has 2 bridgehead atoms. The lowest BCUT2D eigenvalue weighted by Crippen LogP contribution is -2.56. The Morgan fingerprint density at radius 1 is 0.367 bits per heavy atom. The second-order valence-electron chi connectivity index (χ2n) is 34.4. The molecule has 21 heteroatoms. The largest absolute Gasteiger partial charge is 0.330 e. The quantitative estimate of drug-likeness (QED) is 0.0674. The normalized spacial score (nSPS) is 34.9. The van der Waals surface area contributed by atoms with E-state index in [4.69, 9.17) is 57.3 Å². The summed E-state index contributed by atoms with van der Waals surface area (Å²) in [7, 11) is -3.00. The van der Waals surface area contributed by atoms with Gasteiger partial charge in [-0.25, -0.2) is 8.42 Å². The van der Waals surface area contributed by atoms with Crippen LogP contribution in [0.2, 0.25) is 0 Å². The first kappa shape index (κ1) is 93.3. The predicted octanol–water partition coefficient (Wildman–Crippen LogP) is 6.77. The van der Waals surface area contributed by atoms with Crippen molar-refractivity contribution < 1.29 is 8.42 Å². The van der Waals surface area contributed by atoms with E-state index in [1.54, 1.807) is 0 Å². The van der Waals surface area contributed by atoms with Gasteiger partial charge in [0.05, 0.1) is 10.5 Å². The Morgan fingerprint density at radius 3 is 1.05 bits per heavy atom. The van der Waals surface area contributed by atoms with E-state index in [2.05, 4.69) is 185 Å². The van der Waals surface area contributed by atoms with Crippen LogP contribution in [0.1, 0.15) is 229 Å². The summed E-state index contributed by atoms with van der Waals surface area (Å²) in [6.07, 6.45) is 14.0. The van der Waals surface area contributed by atoms with Crippen molar-refractivity contribution in [1.29, 1.82) is 0 Å². The lowest BCUT2D eigenvalue weighted by molar-refractivity contribution is 0.132. The second kappa shape index (κ2) is 47.0. The van der Waals surface area contributed by atoms with E-state index in [0.717, 1.165) is 131 Å². The van der Waals surface area contributed by atoms with Crippen LogP contribution >= 0.6 is 0 Å². The second-order valence-corrected chi connectivity index (χ2v) is 36.9. The van der Waals surface area contributed by atoms with E-state index in [1.807, 2.05) is 6.92 Å². The van der Waals surface area contributed by atoms with Crippen molar-refractivity contribution in [2.45, 2.75) is 343 Å². The first-order chi connectivity index (χ1) is 45.9. The van der Waals surface area contributed by atoms with Crippen molar-refractivity contribution >= 4 is 9.84 Å². The summed E-state index contributed by atoms with van der Waals surface area (Å²) in [5.74, 6) is 6.40. The molecule has 9 rings (SSSR count). The number of nitrogens with two attached hydrogens (primary N) is 10. The van der Waals surface area contributed by atoms with Crippen LogP contribution in [0.3, 0.4) is 0 Å². The zero-order chi connectivity index (χ0) is 74.6. The van der Waals surface area contributed by atoms with E-state index in [-0.39, 0.29) is 17.0 Å². The fraction of sp³-hybridized carbons (Fsp3) is 1.00. The number of fused-ring (bicyclic) bond motifs is 2. The van der Waals surface area contributed by atoms with Crippen LogP contribution in [0.4, 0.5) is 0 Å². The Balaban J connectivity index is 0.000000382. The van der Waals surface area contributed by atoms with Gasteiger partial charge in [0.1, 0.15) is 0 Å². The lowest BCUT2D eigenvalue weighted by Gasteiger charge is -2.39. The van der Waals surface area contributed by atoms with Crippen LogP contribution < -0.4 is 62.7 Å². The molecule has 0 aromatic rings. The molecule has 98 heavy (non-hydrogen) atoms. The molecule has 1 aliphatic carbocycles. The Bertz CT molecular complexity index is 1990. The number of sulfone groups is 1. The average molecular weight is 1410 g/mol. The number of hydrogen-bond acceptors (Lipinski definition) is 20. The molecular weight excluding hydrogens is 1240 g/mol. The minimum Gasteiger partial charge on any atom is -0.330 e. The van der Waals surface area contributed by atoms with Crippen molar-refractivity contribution in [3.63, 3.8) is 0 Å². The maximum atomic E-state index is 12.0. The Hall–Kier alpha value is -0.770. The number of rotatable bonds is 18. The maximum absolute atomic E-state index is 12.0. The molecule has 20 nitrogen and oxygen atoms in total. The van der Waals surface area contributed by atoms with E-state index < -0.39 is 9.84 Å². The molecule has 19 atom stereocenters. The molecule has 0 aromatic carbocycles. The molecule has 8 heterocycles. The Morgan fingerprint density at radius 2 is 0.755 bits per heavy atom. The van der Waals surface area contributed by atoms with Gasteiger partial charge in [-0.05, 0) is 222 Å². The molecule has 7 unspecified atom stereocenters. The maximum Gasteiger partial charge on any atom is 0.159 e. The first-order valence-electron chi connectivity index (χ1n) is 40.4. The van der Waals surface area contributed by atoms with Crippen molar-refractivity contribution in [3.8, 4) is 0 Å². The van der Waals surface area contributed by atoms with Gasteiger partial charge in [-0.15, -0.1) is 0 Å². The molecule has 8 saturated heterocycles. The molecule has 9 aliphatic rings. The van der Waals surface area contributed by atoms with E-state index in [0.29, 0.717) is 110 Å². The SMILES string of the molecule is CC(C)N1C[C@@H](C)C[C@H](N)C1.CC(C)N1C[C@@H](N)C[C@H]1CN.CC(C)N1C[C@H](C)C[C@H](N)C1.CC(C)NC1C[C@@H](N)C[C@@H](N)C1.CCC1C(CN)C2CCC1N2C(C)C.CCC1CN(C(C)C)CC(CN)S1(=O)=O.CC[C@@H]1CN(C(C)C)C[C@H]1CN.CC[C@H]1CN(C(C)C)C[C@@H]1CN. The fourth-order valence-electron chi connectivity index (χ4n) is 17.9. The number of nitrogens with one attached hydrogen (secondary N) is 1. The van der Waals surface area contributed by atoms with Crippen LogP contribution in [0, 0.1) is 47.3 Å². The van der Waals surface area contributed by atoms with Gasteiger partial charge in [-0.2, -0.15) is 0 Å². The molecule has 0 amide bonds. The topological polar surface area (TPSA) is 329 Å². The van der Waals surface area contributed by atoms with Gasteiger partial charge in [0.25, 0.3) is 0 Å². The van der Waals surface area contributed by atoms with Gasteiger partial charge in [-0.1, -0.05) is 74.7 Å². The number of hydrogen-bond donors (Lipinski definition) is 11. The predicted molar refractivity (Wildman–Crippen MR) is 425 cm³/mol. The zero-order valence-electron chi connectivity index (χ0n) is 68.0. The summed E-state index contributed by atoms with van der Waals surface area (Å²) >= 11 is 0. The van der Waals surface area contributed by atoms with Gasteiger partial charge in [0.15, 0.2) is 9.84 Å². The number of likely N-dealkylation sites (tertiary alicyclic amines) is 5. The minimum atomic E-state index is -3.00. The highest BCUT2D eigenvalue weighted by atomic mass is 32.2. The highest BCUT2D eigenvalue weighted by Gasteiger charge is 2.52. The Kier molecular flexibility index (Phi) is 44.8. The van der Waals surface area contributed by atoms with Crippen molar-refractivity contribution in [3.05, 3.63) is 0 Å². The standard InChI is InChI=1S/C12H24N2.C10H22N2O2S.2C10H22N2.C9H21N3.2C9H20N2.C8H19N3/c1-4-9-10(7-13)12-6-5-11(9)14(12)8(2)3;1-4-9-6-12(8(2)3)7-10(5-11)15(9,13)14;2*1-4-9-6-12(8(2)3)7-10(9)5-11;1-6(2)12-9-4-7(10)3-8(11)5-9;2*1-7(2)11-5-8(3)4-9(10)6-11;1-6(2)11-5-7(10)3-8(11)4-9/h8-12H,4-7,13H2,1-3H3;8-10H,4-7,11H2,1-3H3;2*8-10H,4-7,11H2,1-3H3;6-9,12H,3-5,10-11H2,1-2H3;2*7-9H,4-6,10H2,1-3H3;6-8H,3-5,9-10H2,1-2H3/t;;2*9-,10-;7-,8+,9?;8-,9+;8-,9-;7-,8-/m..10.100/s1. The van der Waals surface area contributed by atoms with Crippen LogP contribution in [0.5, 0.6) is 0 Å². The van der Waals surface area contributed by atoms with Crippen LogP contribution in [-0.2, 0) is 9.84 Å². The molecule has 1 saturated carbocycles. The smallest absolute Gasteiger partial charge is 0.159 e.